The van der Waals surface area contributed by atoms with Crippen LogP contribution in [-0.4, -0.2) is 88.4 Å². The normalized spacial score (nSPS) is 26.2. The zero-order valence-electron chi connectivity index (χ0n) is 24.4. The van der Waals surface area contributed by atoms with Crippen molar-refractivity contribution in [3.8, 4) is 5.88 Å². The van der Waals surface area contributed by atoms with Gasteiger partial charge in [-0.15, -0.1) is 0 Å². The fourth-order valence-electron chi connectivity index (χ4n) is 6.48. The number of benzene rings is 1. The first-order valence-corrected chi connectivity index (χ1v) is 15.2. The van der Waals surface area contributed by atoms with Crippen molar-refractivity contribution in [3.63, 3.8) is 0 Å². The summed E-state index contributed by atoms with van der Waals surface area (Å²) in [6.07, 6.45) is 0.768. The summed E-state index contributed by atoms with van der Waals surface area (Å²) in [5, 5.41) is 11.3. The van der Waals surface area contributed by atoms with Gasteiger partial charge >= 0.3 is 5.97 Å². The van der Waals surface area contributed by atoms with Gasteiger partial charge in [0.2, 0.25) is 11.8 Å². The number of anilines is 1. The Morgan fingerprint density at radius 1 is 1.16 bits per heavy atom. The first-order chi connectivity index (χ1) is 21.7. The minimum Gasteiger partial charge on any atom is -0.480 e. The van der Waals surface area contributed by atoms with Gasteiger partial charge in [0.25, 0.3) is 0 Å². The summed E-state index contributed by atoms with van der Waals surface area (Å²) in [6, 6.07) is 7.85. The van der Waals surface area contributed by atoms with Gasteiger partial charge in [-0.1, -0.05) is 30.7 Å². The van der Waals surface area contributed by atoms with Crippen LogP contribution in [0.3, 0.4) is 0 Å². The van der Waals surface area contributed by atoms with E-state index in [1.54, 1.807) is 22.8 Å². The van der Waals surface area contributed by atoms with E-state index in [2.05, 4.69) is 9.97 Å². The molecule has 4 aliphatic rings. The van der Waals surface area contributed by atoms with Crippen LogP contribution in [0.2, 0.25) is 5.02 Å². The number of carboxylic acids is 1. The highest BCUT2D eigenvalue weighted by atomic mass is 35.5. The number of amides is 1. The van der Waals surface area contributed by atoms with Crippen LogP contribution in [0.1, 0.15) is 31.2 Å². The van der Waals surface area contributed by atoms with Crippen molar-refractivity contribution in [1.29, 1.82) is 0 Å². The number of carboxylic acid groups (broad SMARTS) is 1. The average molecular weight is 640 g/mol. The maximum Gasteiger partial charge on any atom is 0.326 e. The molecule has 4 aliphatic heterocycles. The van der Waals surface area contributed by atoms with Crippen LogP contribution in [-0.2, 0) is 31.3 Å². The van der Waals surface area contributed by atoms with Gasteiger partial charge in [-0.05, 0) is 18.2 Å². The lowest BCUT2D eigenvalue weighted by atomic mass is 9.78. The number of piperidine rings is 1. The standard InChI is InChI=1S/C31H31ClFN5O7/c1-17-13-37-7-6-31(17,33)21-10-18(32)12-34-29(21)44-19-11-22(30(40)41)38(14-19)28-27-26(20-4-2-3-5-23(20)45-27)35-24(36-28)15-42-8-9-43-16-25(37)39/h2-5,10,12,17,19,22H,6-9,11,13-16H2,1H3,(H,40,41)/t17-,19-,22-,31+/m0/s1. The van der Waals surface area contributed by atoms with E-state index in [4.69, 9.17) is 35.2 Å². The van der Waals surface area contributed by atoms with E-state index in [0.29, 0.717) is 22.5 Å². The van der Waals surface area contributed by atoms with Crippen molar-refractivity contribution in [1.82, 2.24) is 19.9 Å². The van der Waals surface area contributed by atoms with E-state index in [9.17, 15) is 14.7 Å². The van der Waals surface area contributed by atoms with Gasteiger partial charge < -0.3 is 33.5 Å². The molecule has 12 nitrogen and oxygen atoms in total. The van der Waals surface area contributed by atoms with Crippen molar-refractivity contribution in [3.05, 3.63) is 52.9 Å². The summed E-state index contributed by atoms with van der Waals surface area (Å²) in [4.78, 5) is 42.4. The first kappa shape index (κ1) is 29.6. The summed E-state index contributed by atoms with van der Waals surface area (Å²) in [7, 11) is 0. The molecule has 6 bridgehead atoms. The van der Waals surface area contributed by atoms with Gasteiger partial charge in [-0.2, -0.15) is 0 Å². The van der Waals surface area contributed by atoms with Crippen molar-refractivity contribution < 1.29 is 37.7 Å². The molecule has 2 fully saturated rings. The van der Waals surface area contributed by atoms with Crippen molar-refractivity contribution in [2.75, 3.05) is 44.4 Å². The second kappa shape index (κ2) is 11.7. The summed E-state index contributed by atoms with van der Waals surface area (Å²) in [5.74, 6) is -1.28. The Hall–Kier alpha value is -4.07. The second-order valence-electron chi connectivity index (χ2n) is 11.7. The molecule has 0 spiro atoms. The van der Waals surface area contributed by atoms with E-state index in [1.165, 1.54) is 12.3 Å². The molecule has 3 aromatic heterocycles. The van der Waals surface area contributed by atoms with Crippen molar-refractivity contribution in [2.45, 2.75) is 44.2 Å². The Balaban J connectivity index is 1.31. The molecule has 14 heteroatoms. The van der Waals surface area contributed by atoms with Gasteiger partial charge in [0.05, 0.1) is 30.3 Å². The number of nitrogens with zero attached hydrogens (tertiary/aromatic N) is 5. The average Bonchev–Trinajstić information content (AvgIpc) is 3.62. The summed E-state index contributed by atoms with van der Waals surface area (Å²) >= 11 is 6.30. The predicted molar refractivity (Wildman–Crippen MR) is 160 cm³/mol. The third kappa shape index (κ3) is 5.42. The Kier molecular flexibility index (Phi) is 7.70. The molecule has 4 aromatic rings. The largest absolute Gasteiger partial charge is 0.480 e. The van der Waals surface area contributed by atoms with Gasteiger partial charge in [0.15, 0.2) is 17.2 Å². The van der Waals surface area contributed by atoms with Crippen LogP contribution < -0.4 is 9.64 Å². The number of para-hydroxylation sites is 1. The zero-order chi connectivity index (χ0) is 31.3. The SMILES string of the molecule is C[C@H]1CN2CC[C@]1(F)c1cc(Cl)cnc1O[C@H]1C[C@@H](C(=O)O)N(C1)c1nc(nc3c1oc1ccccc13)COCCOCC2=O. The molecule has 236 valence electrons. The molecule has 1 amide bonds. The monoisotopic (exact) mass is 639 g/mol. The summed E-state index contributed by atoms with van der Waals surface area (Å²) < 4.78 is 40.8. The number of pyridine rings is 1. The molecule has 0 aliphatic carbocycles. The first-order valence-electron chi connectivity index (χ1n) is 14.8. The molecule has 4 atom stereocenters. The highest BCUT2D eigenvalue weighted by Gasteiger charge is 2.47. The highest BCUT2D eigenvalue weighted by Crippen LogP contribution is 2.46. The van der Waals surface area contributed by atoms with Gasteiger partial charge in [-0.25, -0.2) is 24.1 Å². The van der Waals surface area contributed by atoms with Crippen LogP contribution in [0.4, 0.5) is 10.2 Å². The molecular weight excluding hydrogens is 609 g/mol. The number of hydrogen-bond donors (Lipinski definition) is 1. The maximum atomic E-state index is 16.9. The number of furan rings is 1. The lowest BCUT2D eigenvalue weighted by molar-refractivity contribution is -0.142. The molecule has 2 saturated heterocycles. The number of rotatable bonds is 1. The van der Waals surface area contributed by atoms with Gasteiger partial charge in [-0.3, -0.25) is 4.79 Å². The van der Waals surface area contributed by atoms with Crippen LogP contribution in [0, 0.1) is 5.92 Å². The van der Waals surface area contributed by atoms with Crippen LogP contribution in [0.25, 0.3) is 22.1 Å². The number of carbonyl (C=O) groups is 2. The number of halogens is 2. The maximum absolute atomic E-state index is 16.9. The Bertz CT molecular complexity index is 1790. The number of ether oxygens (including phenoxy) is 3. The minimum atomic E-state index is -1.90. The number of fused-ring (bicyclic) bond motifs is 11. The summed E-state index contributed by atoms with van der Waals surface area (Å²) in [5.41, 5.74) is -0.291. The Morgan fingerprint density at radius 3 is 2.76 bits per heavy atom. The quantitative estimate of drug-likeness (QED) is 0.322. The van der Waals surface area contributed by atoms with Gasteiger partial charge in [0.1, 0.15) is 42.1 Å². The number of aromatic nitrogens is 3. The second-order valence-corrected chi connectivity index (χ2v) is 12.1. The number of aliphatic carboxylic acids is 1. The molecule has 45 heavy (non-hydrogen) atoms. The number of alkyl halides is 1. The zero-order valence-corrected chi connectivity index (χ0v) is 25.2. The molecule has 0 unspecified atom stereocenters. The molecule has 1 aromatic carbocycles. The lowest BCUT2D eigenvalue weighted by Gasteiger charge is -2.42. The van der Waals surface area contributed by atoms with E-state index in [-0.39, 0.29) is 87.1 Å². The van der Waals surface area contributed by atoms with Crippen molar-refractivity contribution in [2.24, 2.45) is 5.92 Å². The van der Waals surface area contributed by atoms with Crippen LogP contribution >= 0.6 is 11.6 Å². The minimum absolute atomic E-state index is 0.00366. The smallest absolute Gasteiger partial charge is 0.326 e. The van der Waals surface area contributed by atoms with E-state index in [0.717, 1.165) is 5.39 Å². The van der Waals surface area contributed by atoms with Crippen LogP contribution in [0.5, 0.6) is 5.88 Å². The molecule has 0 saturated carbocycles. The molecule has 1 N–H and O–H groups in total. The number of carbonyl (C=O) groups excluding carboxylic acids is 1. The molecular formula is C31H31ClFN5O7. The third-order valence-corrected chi connectivity index (χ3v) is 9.02. The number of hydrogen-bond acceptors (Lipinski definition) is 10. The third-order valence-electron chi connectivity index (χ3n) is 8.81. The fraction of sp³-hybridized carbons (Fsp3) is 0.452. The molecule has 7 heterocycles. The molecule has 8 rings (SSSR count). The Labute approximate surface area is 262 Å². The highest BCUT2D eigenvalue weighted by molar-refractivity contribution is 6.30. The lowest BCUT2D eigenvalue weighted by Crippen LogP contribution is -2.50. The topological polar surface area (TPSA) is 140 Å². The molecule has 0 radical (unpaired) electrons. The fourth-order valence-corrected chi connectivity index (χ4v) is 6.64. The van der Waals surface area contributed by atoms with Crippen molar-refractivity contribution >= 4 is 51.4 Å². The van der Waals surface area contributed by atoms with E-state index in [1.807, 2.05) is 18.2 Å². The van der Waals surface area contributed by atoms with E-state index < -0.39 is 29.7 Å². The van der Waals surface area contributed by atoms with Gasteiger partial charge in [0, 0.05) is 43.4 Å². The summed E-state index contributed by atoms with van der Waals surface area (Å²) in [6.45, 7) is 2.34. The van der Waals surface area contributed by atoms with Crippen LogP contribution in [0.15, 0.2) is 40.9 Å². The predicted octanol–water partition coefficient (Wildman–Crippen LogP) is 4.12. The Morgan fingerprint density at radius 2 is 1.96 bits per heavy atom. The van der Waals surface area contributed by atoms with E-state index >= 15 is 4.39 Å².